The van der Waals surface area contributed by atoms with Crippen LogP contribution in [-0.4, -0.2) is 24.8 Å². The second-order valence-corrected chi connectivity index (χ2v) is 4.47. The van der Waals surface area contributed by atoms with Crippen molar-refractivity contribution in [3.8, 4) is 0 Å². The fourth-order valence-electron chi connectivity index (χ4n) is 1.77. The normalized spacial score (nSPS) is 17.6. The first kappa shape index (κ1) is 11.8. The zero-order valence-electron chi connectivity index (χ0n) is 9.19. The van der Waals surface area contributed by atoms with Gasteiger partial charge in [0.05, 0.1) is 18.9 Å². The molecule has 3 nitrogen and oxygen atoms in total. The van der Waals surface area contributed by atoms with Gasteiger partial charge in [-0.25, -0.2) is 0 Å². The van der Waals surface area contributed by atoms with Crippen LogP contribution in [0.2, 0.25) is 5.02 Å². The van der Waals surface area contributed by atoms with Crippen LogP contribution < -0.4 is 0 Å². The summed E-state index contributed by atoms with van der Waals surface area (Å²) >= 11 is 5.86. The minimum Gasteiger partial charge on any atom is -0.381 e. The van der Waals surface area contributed by atoms with Crippen LogP contribution in [0.5, 0.6) is 0 Å². The fourth-order valence-corrected chi connectivity index (χ4v) is 1.95. The van der Waals surface area contributed by atoms with Crippen LogP contribution in [0, 0.1) is 5.92 Å². The molecule has 2 heterocycles. The van der Waals surface area contributed by atoms with Gasteiger partial charge in [-0.05, 0) is 30.9 Å². The summed E-state index contributed by atoms with van der Waals surface area (Å²) in [6, 6.07) is 3.61. The van der Waals surface area contributed by atoms with Gasteiger partial charge in [-0.1, -0.05) is 11.6 Å². The predicted octanol–water partition coefficient (Wildman–Crippen LogP) is 2.68. The molecule has 1 aromatic rings. The smallest absolute Gasteiger partial charge is 0.0888 e. The maximum atomic E-state index is 5.86. The van der Waals surface area contributed by atoms with Gasteiger partial charge in [-0.15, -0.1) is 0 Å². The summed E-state index contributed by atoms with van der Waals surface area (Å²) in [6.07, 6.45) is 3.90. The first-order valence-corrected chi connectivity index (χ1v) is 5.98. The lowest BCUT2D eigenvalue weighted by Gasteiger charge is -2.21. The van der Waals surface area contributed by atoms with Crippen LogP contribution in [0.3, 0.4) is 0 Å². The maximum absolute atomic E-state index is 5.86. The van der Waals surface area contributed by atoms with Gasteiger partial charge in [0.15, 0.2) is 0 Å². The van der Waals surface area contributed by atoms with E-state index in [1.54, 1.807) is 12.3 Å². The monoisotopic (exact) mass is 241 g/mol. The highest BCUT2D eigenvalue weighted by Crippen LogP contribution is 2.15. The van der Waals surface area contributed by atoms with E-state index in [1.165, 1.54) is 0 Å². The molecule has 2 rings (SSSR count). The number of rotatable bonds is 4. The molecule has 0 N–H and O–H groups in total. The van der Waals surface area contributed by atoms with Gasteiger partial charge in [-0.2, -0.15) is 0 Å². The van der Waals surface area contributed by atoms with Crippen molar-refractivity contribution < 1.29 is 9.47 Å². The van der Waals surface area contributed by atoms with Crippen molar-refractivity contribution in [1.29, 1.82) is 0 Å². The Bertz CT molecular complexity index is 327. The van der Waals surface area contributed by atoms with Gasteiger partial charge in [0.25, 0.3) is 0 Å². The summed E-state index contributed by atoms with van der Waals surface area (Å²) in [5, 5.41) is 0.708. The van der Waals surface area contributed by atoms with Crippen molar-refractivity contribution in [2.75, 3.05) is 19.8 Å². The zero-order chi connectivity index (χ0) is 11.2. The molecule has 88 valence electrons. The lowest BCUT2D eigenvalue weighted by molar-refractivity contribution is 0.0150. The second-order valence-electron chi connectivity index (χ2n) is 4.04. The van der Waals surface area contributed by atoms with Gasteiger partial charge < -0.3 is 9.47 Å². The Hall–Kier alpha value is -0.640. The first-order valence-electron chi connectivity index (χ1n) is 5.60. The summed E-state index contributed by atoms with van der Waals surface area (Å²) in [5.41, 5.74) is 0.888. The summed E-state index contributed by atoms with van der Waals surface area (Å²) < 4.78 is 10.9. The van der Waals surface area contributed by atoms with E-state index in [2.05, 4.69) is 4.98 Å². The number of hydrogen-bond acceptors (Lipinski definition) is 3. The lowest BCUT2D eigenvalue weighted by atomic mass is 10.0. The van der Waals surface area contributed by atoms with Crippen molar-refractivity contribution in [2.24, 2.45) is 5.92 Å². The molecule has 1 fully saturated rings. The summed E-state index contributed by atoms with van der Waals surface area (Å²) in [4.78, 5) is 4.19. The van der Waals surface area contributed by atoms with E-state index in [0.717, 1.165) is 38.4 Å². The van der Waals surface area contributed by atoms with Gasteiger partial charge >= 0.3 is 0 Å². The molecule has 0 atom stereocenters. The van der Waals surface area contributed by atoms with E-state index in [4.69, 9.17) is 21.1 Å². The third-order valence-corrected chi connectivity index (χ3v) is 2.96. The highest BCUT2D eigenvalue weighted by Gasteiger charge is 2.13. The zero-order valence-corrected chi connectivity index (χ0v) is 9.95. The standard InChI is InChI=1S/C12H16ClNO2/c13-11-1-4-14-12(7-11)9-16-8-10-2-5-15-6-3-10/h1,4,7,10H,2-3,5-6,8-9H2. The molecule has 1 aromatic heterocycles. The molecule has 1 saturated heterocycles. The number of hydrogen-bond donors (Lipinski definition) is 0. The van der Waals surface area contributed by atoms with Crippen LogP contribution in [0.25, 0.3) is 0 Å². The van der Waals surface area contributed by atoms with Crippen molar-refractivity contribution in [3.63, 3.8) is 0 Å². The fraction of sp³-hybridized carbons (Fsp3) is 0.583. The molecule has 0 bridgehead atoms. The number of nitrogens with zero attached hydrogens (tertiary/aromatic N) is 1. The molecule has 0 amide bonds. The molecule has 4 heteroatoms. The average Bonchev–Trinajstić information content (AvgIpc) is 2.30. The van der Waals surface area contributed by atoms with Gasteiger partial charge in [-0.3, -0.25) is 4.98 Å². The van der Waals surface area contributed by atoms with E-state index >= 15 is 0 Å². The van der Waals surface area contributed by atoms with Crippen molar-refractivity contribution in [1.82, 2.24) is 4.98 Å². The minimum atomic E-state index is 0.540. The Morgan fingerprint density at radius 1 is 1.44 bits per heavy atom. The van der Waals surface area contributed by atoms with E-state index in [9.17, 15) is 0 Å². The molecule has 0 aliphatic carbocycles. The van der Waals surface area contributed by atoms with Crippen molar-refractivity contribution in [3.05, 3.63) is 29.0 Å². The van der Waals surface area contributed by atoms with E-state index in [0.29, 0.717) is 17.5 Å². The average molecular weight is 242 g/mol. The lowest BCUT2D eigenvalue weighted by Crippen LogP contribution is -2.20. The molecular formula is C12H16ClNO2. The SMILES string of the molecule is Clc1ccnc(COCC2CCOCC2)c1. The third kappa shape index (κ3) is 3.74. The molecule has 16 heavy (non-hydrogen) atoms. The Labute approximate surface area is 101 Å². The second kappa shape index (κ2) is 6.18. The Balaban J connectivity index is 1.71. The maximum Gasteiger partial charge on any atom is 0.0888 e. The van der Waals surface area contributed by atoms with Crippen molar-refractivity contribution >= 4 is 11.6 Å². The number of aromatic nitrogens is 1. The molecule has 1 aliphatic rings. The van der Waals surface area contributed by atoms with E-state index in [-0.39, 0.29) is 0 Å². The Kier molecular flexibility index (Phi) is 4.57. The van der Waals surface area contributed by atoms with Crippen LogP contribution in [-0.2, 0) is 16.1 Å². The third-order valence-electron chi connectivity index (χ3n) is 2.72. The number of halogens is 1. The molecule has 0 unspecified atom stereocenters. The molecule has 0 spiro atoms. The van der Waals surface area contributed by atoms with Crippen molar-refractivity contribution in [2.45, 2.75) is 19.4 Å². The van der Waals surface area contributed by atoms with Gasteiger partial charge in [0.1, 0.15) is 0 Å². The summed E-state index contributed by atoms with van der Waals surface area (Å²) in [5.74, 6) is 0.632. The van der Waals surface area contributed by atoms with E-state index < -0.39 is 0 Å². The molecule has 1 aliphatic heterocycles. The van der Waals surface area contributed by atoms with Gasteiger partial charge in [0, 0.05) is 24.4 Å². The van der Waals surface area contributed by atoms with E-state index in [1.807, 2.05) is 6.07 Å². The van der Waals surface area contributed by atoms with Crippen LogP contribution in [0.4, 0.5) is 0 Å². The predicted molar refractivity (Wildman–Crippen MR) is 62.4 cm³/mol. The van der Waals surface area contributed by atoms with Gasteiger partial charge in [0.2, 0.25) is 0 Å². The summed E-state index contributed by atoms with van der Waals surface area (Å²) in [6.45, 7) is 3.06. The Morgan fingerprint density at radius 3 is 3.00 bits per heavy atom. The topological polar surface area (TPSA) is 31.4 Å². The molecular weight excluding hydrogens is 226 g/mol. The van der Waals surface area contributed by atoms with Crippen LogP contribution >= 0.6 is 11.6 Å². The van der Waals surface area contributed by atoms with Crippen LogP contribution in [0.15, 0.2) is 18.3 Å². The molecule has 0 aromatic carbocycles. The number of pyridine rings is 1. The molecule has 0 radical (unpaired) electrons. The highest BCUT2D eigenvalue weighted by molar-refractivity contribution is 6.30. The van der Waals surface area contributed by atoms with Crippen LogP contribution in [0.1, 0.15) is 18.5 Å². The first-order chi connectivity index (χ1) is 7.84. The minimum absolute atomic E-state index is 0.540. The quantitative estimate of drug-likeness (QED) is 0.812. The summed E-state index contributed by atoms with van der Waals surface area (Å²) in [7, 11) is 0. The molecule has 0 saturated carbocycles. The highest BCUT2D eigenvalue weighted by atomic mass is 35.5. The largest absolute Gasteiger partial charge is 0.381 e. The number of ether oxygens (including phenoxy) is 2. The Morgan fingerprint density at radius 2 is 2.25 bits per heavy atom.